The monoisotopic (exact) mass is 531 g/mol. The van der Waals surface area contributed by atoms with Crippen LogP contribution in [0.5, 0.6) is 11.5 Å². The van der Waals surface area contributed by atoms with Crippen molar-refractivity contribution in [3.8, 4) is 22.6 Å². The Bertz CT molecular complexity index is 1390. The van der Waals surface area contributed by atoms with Crippen LogP contribution >= 0.6 is 11.8 Å². The van der Waals surface area contributed by atoms with Crippen LogP contribution in [0.3, 0.4) is 0 Å². The Kier molecular flexibility index (Phi) is 7.28. The van der Waals surface area contributed by atoms with Crippen LogP contribution in [0.25, 0.3) is 11.1 Å². The first-order valence-electron chi connectivity index (χ1n) is 12.3. The minimum Gasteiger partial charge on any atom is -0.497 e. The highest BCUT2D eigenvalue weighted by atomic mass is 32.2. The highest BCUT2D eigenvalue weighted by Crippen LogP contribution is 2.33. The van der Waals surface area contributed by atoms with Crippen LogP contribution in [-0.2, 0) is 4.79 Å². The van der Waals surface area contributed by atoms with E-state index in [0.717, 1.165) is 21.8 Å². The molecule has 0 radical (unpaired) electrons. The van der Waals surface area contributed by atoms with E-state index in [1.165, 1.54) is 7.11 Å². The Labute approximate surface area is 225 Å². The summed E-state index contributed by atoms with van der Waals surface area (Å²) < 4.78 is 10.7. The van der Waals surface area contributed by atoms with Gasteiger partial charge in [-0.1, -0.05) is 18.2 Å². The van der Waals surface area contributed by atoms with Crippen molar-refractivity contribution in [3.63, 3.8) is 0 Å². The molecular weight excluding hydrogens is 502 g/mol. The number of amides is 3. The normalized spacial score (nSPS) is 18.6. The molecule has 3 amide bonds. The highest BCUT2D eigenvalue weighted by Gasteiger charge is 2.40. The van der Waals surface area contributed by atoms with Gasteiger partial charge in [0.25, 0.3) is 11.8 Å². The van der Waals surface area contributed by atoms with Crippen molar-refractivity contribution >= 4 is 35.2 Å². The smallest absolute Gasteiger partial charge is 0.256 e. The van der Waals surface area contributed by atoms with Gasteiger partial charge in [-0.05, 0) is 72.7 Å². The number of ether oxygens (including phenoxy) is 2. The van der Waals surface area contributed by atoms with Gasteiger partial charge < -0.3 is 25.0 Å². The molecular formula is C29H29N3O5S. The molecule has 0 saturated carbocycles. The first kappa shape index (κ1) is 25.7. The zero-order valence-corrected chi connectivity index (χ0v) is 22.3. The fourth-order valence-electron chi connectivity index (χ4n) is 5.00. The van der Waals surface area contributed by atoms with E-state index >= 15 is 0 Å². The lowest BCUT2D eigenvalue weighted by Crippen LogP contribution is -2.55. The third-order valence-electron chi connectivity index (χ3n) is 7.09. The molecule has 2 aliphatic heterocycles. The van der Waals surface area contributed by atoms with Gasteiger partial charge in [0.15, 0.2) is 0 Å². The van der Waals surface area contributed by atoms with Crippen molar-refractivity contribution in [2.24, 2.45) is 0 Å². The predicted octanol–water partition coefficient (Wildman–Crippen LogP) is 4.45. The van der Waals surface area contributed by atoms with Crippen molar-refractivity contribution in [1.82, 2.24) is 10.2 Å². The number of benzene rings is 3. The molecule has 3 aromatic rings. The molecule has 9 heteroatoms. The van der Waals surface area contributed by atoms with Gasteiger partial charge in [0.2, 0.25) is 5.91 Å². The number of hydrogen-bond acceptors (Lipinski definition) is 6. The van der Waals surface area contributed by atoms with E-state index in [-0.39, 0.29) is 23.8 Å². The molecule has 8 nitrogen and oxygen atoms in total. The number of rotatable bonds is 6. The molecule has 1 fully saturated rings. The topological polar surface area (TPSA) is 97.0 Å². The second-order valence-electron chi connectivity index (χ2n) is 9.25. The summed E-state index contributed by atoms with van der Waals surface area (Å²) >= 11 is 1.57. The Balaban J connectivity index is 1.34. The zero-order chi connectivity index (χ0) is 26.8. The Hall–Kier alpha value is -3.98. The van der Waals surface area contributed by atoms with E-state index in [1.807, 2.05) is 54.8 Å². The Morgan fingerprint density at radius 2 is 1.76 bits per heavy atom. The van der Waals surface area contributed by atoms with Crippen LogP contribution in [0.4, 0.5) is 5.69 Å². The van der Waals surface area contributed by atoms with Crippen LogP contribution in [0.15, 0.2) is 65.6 Å². The molecule has 0 bridgehead atoms. The van der Waals surface area contributed by atoms with Crippen LogP contribution in [0, 0.1) is 0 Å². The van der Waals surface area contributed by atoms with Crippen LogP contribution in [-0.4, -0.2) is 61.7 Å². The van der Waals surface area contributed by atoms with E-state index < -0.39 is 6.04 Å². The SMILES string of the molecule is COc1ccc(-c2ccc3c(c2)C(=O)N2CCC(NC(=O)c4ccc(SC)cc4OC)CC2C(=O)N3)cc1. The third-order valence-corrected chi connectivity index (χ3v) is 7.81. The van der Waals surface area contributed by atoms with Crippen molar-refractivity contribution in [3.05, 3.63) is 71.8 Å². The van der Waals surface area contributed by atoms with Crippen molar-refractivity contribution in [2.75, 3.05) is 32.3 Å². The highest BCUT2D eigenvalue weighted by molar-refractivity contribution is 7.98. The summed E-state index contributed by atoms with van der Waals surface area (Å²) in [6, 6.07) is 17.6. The fraction of sp³-hybridized carbons (Fsp3) is 0.276. The molecule has 0 aliphatic carbocycles. The van der Waals surface area contributed by atoms with Gasteiger partial charge in [0.1, 0.15) is 17.5 Å². The van der Waals surface area contributed by atoms with Crippen LogP contribution < -0.4 is 20.1 Å². The second-order valence-corrected chi connectivity index (χ2v) is 10.1. The van der Waals surface area contributed by atoms with Crippen molar-refractivity contribution in [2.45, 2.75) is 29.8 Å². The molecule has 1 saturated heterocycles. The summed E-state index contributed by atoms with van der Waals surface area (Å²) in [7, 11) is 3.15. The van der Waals surface area contributed by atoms with Crippen molar-refractivity contribution < 1.29 is 23.9 Å². The second kappa shape index (κ2) is 10.8. The number of thioether (sulfide) groups is 1. The number of nitrogens with one attached hydrogen (secondary N) is 2. The molecule has 2 N–H and O–H groups in total. The molecule has 2 aliphatic rings. The summed E-state index contributed by atoms with van der Waals surface area (Å²) in [5, 5.41) is 5.97. The molecule has 3 aromatic carbocycles. The summed E-state index contributed by atoms with van der Waals surface area (Å²) in [6.45, 7) is 0.358. The number of hydrogen-bond donors (Lipinski definition) is 2. The average molecular weight is 532 g/mol. The van der Waals surface area contributed by atoms with Crippen molar-refractivity contribution in [1.29, 1.82) is 0 Å². The average Bonchev–Trinajstić information content (AvgIpc) is 3.06. The molecule has 0 aromatic heterocycles. The first-order chi connectivity index (χ1) is 18.4. The largest absolute Gasteiger partial charge is 0.497 e. The van der Waals surface area contributed by atoms with E-state index in [2.05, 4.69) is 10.6 Å². The molecule has 2 heterocycles. The van der Waals surface area contributed by atoms with Crippen LogP contribution in [0.2, 0.25) is 0 Å². The lowest BCUT2D eigenvalue weighted by atomic mass is 9.95. The molecule has 38 heavy (non-hydrogen) atoms. The third kappa shape index (κ3) is 4.93. The summed E-state index contributed by atoms with van der Waals surface area (Å²) in [6.07, 6.45) is 2.83. The maximum Gasteiger partial charge on any atom is 0.256 e. The fourth-order valence-corrected chi connectivity index (χ4v) is 5.43. The predicted molar refractivity (Wildman–Crippen MR) is 147 cm³/mol. The maximum absolute atomic E-state index is 13.6. The molecule has 0 spiro atoms. The number of anilines is 1. The molecule has 2 unspecified atom stereocenters. The first-order valence-corrected chi connectivity index (χ1v) is 13.6. The lowest BCUT2D eigenvalue weighted by Gasteiger charge is -2.37. The van der Waals surface area contributed by atoms with Gasteiger partial charge in [-0.15, -0.1) is 11.8 Å². The van der Waals surface area contributed by atoms with E-state index in [1.54, 1.807) is 35.9 Å². The number of methoxy groups -OCH3 is 2. The van der Waals surface area contributed by atoms with E-state index in [0.29, 0.717) is 42.0 Å². The standard InChI is InChI=1S/C29H29N3O5S/c1-36-20-7-4-17(5-8-20)18-6-11-24-23(14-18)29(35)32-13-12-19(15-25(32)28(34)31-24)30-27(33)22-10-9-21(38-3)16-26(22)37-2/h4-11,14,16,19,25H,12-13,15H2,1-3H3,(H,30,33)(H,31,34). The van der Waals surface area contributed by atoms with Crippen LogP contribution in [0.1, 0.15) is 33.6 Å². The van der Waals surface area contributed by atoms with Gasteiger partial charge in [-0.2, -0.15) is 0 Å². The number of carbonyl (C=O) groups excluding carboxylic acids is 3. The molecule has 5 rings (SSSR count). The zero-order valence-electron chi connectivity index (χ0n) is 21.4. The minimum atomic E-state index is -0.681. The maximum atomic E-state index is 13.6. The lowest BCUT2D eigenvalue weighted by molar-refractivity contribution is -0.121. The number of fused-ring (bicyclic) bond motifs is 2. The summed E-state index contributed by atoms with van der Waals surface area (Å²) in [5.74, 6) is 0.533. The molecule has 2 atom stereocenters. The number of nitrogens with zero attached hydrogens (tertiary/aromatic N) is 1. The van der Waals surface area contributed by atoms with Gasteiger partial charge in [-0.3, -0.25) is 14.4 Å². The Morgan fingerprint density at radius 1 is 1.00 bits per heavy atom. The Morgan fingerprint density at radius 3 is 2.47 bits per heavy atom. The van der Waals surface area contributed by atoms with E-state index in [9.17, 15) is 14.4 Å². The summed E-state index contributed by atoms with van der Waals surface area (Å²) in [5.41, 5.74) is 3.20. The van der Waals surface area contributed by atoms with E-state index in [4.69, 9.17) is 9.47 Å². The van der Waals surface area contributed by atoms with Gasteiger partial charge in [-0.25, -0.2) is 0 Å². The number of carbonyl (C=O) groups is 3. The summed E-state index contributed by atoms with van der Waals surface area (Å²) in [4.78, 5) is 42.5. The van der Waals surface area contributed by atoms with Gasteiger partial charge in [0.05, 0.1) is 31.0 Å². The minimum absolute atomic E-state index is 0.196. The molecule has 196 valence electrons. The van der Waals surface area contributed by atoms with Gasteiger partial charge >= 0.3 is 0 Å². The number of piperidine rings is 1. The van der Waals surface area contributed by atoms with Gasteiger partial charge in [0, 0.05) is 17.5 Å². The quantitative estimate of drug-likeness (QED) is 0.457.